The van der Waals surface area contributed by atoms with E-state index in [1.807, 2.05) is 31.2 Å². The van der Waals surface area contributed by atoms with E-state index < -0.39 is 11.7 Å². The van der Waals surface area contributed by atoms with Crippen LogP contribution in [0.5, 0.6) is 0 Å². The Bertz CT molecular complexity index is 743. The third-order valence-corrected chi connectivity index (χ3v) is 3.93. The first kappa shape index (κ1) is 15.2. The lowest BCUT2D eigenvalue weighted by atomic mass is 10.1. The summed E-state index contributed by atoms with van der Waals surface area (Å²) in [6.07, 6.45) is 0.162. The zero-order valence-corrected chi connectivity index (χ0v) is 12.8. The fourth-order valence-corrected chi connectivity index (χ4v) is 2.67. The van der Waals surface area contributed by atoms with Crippen LogP contribution in [0.15, 0.2) is 48.5 Å². The lowest BCUT2D eigenvalue weighted by molar-refractivity contribution is -0.122. The number of nitrogens with zero attached hydrogens (tertiary/aromatic N) is 1. The van der Waals surface area contributed by atoms with Gasteiger partial charge in [0, 0.05) is 24.3 Å². The number of hydrogen-bond donors (Lipinski definition) is 1. The Morgan fingerprint density at radius 3 is 2.65 bits per heavy atom. The van der Waals surface area contributed by atoms with E-state index >= 15 is 0 Å². The van der Waals surface area contributed by atoms with Crippen molar-refractivity contribution in [2.45, 2.75) is 13.3 Å². The van der Waals surface area contributed by atoms with Crippen molar-refractivity contribution in [3.05, 3.63) is 59.9 Å². The van der Waals surface area contributed by atoms with Gasteiger partial charge in [-0.05, 0) is 37.3 Å². The number of carbonyl (C=O) groups excluding carboxylic acids is 2. The molecule has 3 rings (SSSR count). The number of anilines is 2. The van der Waals surface area contributed by atoms with Crippen molar-refractivity contribution in [3.8, 4) is 0 Å². The molecule has 1 heterocycles. The number of rotatable bonds is 3. The number of amides is 2. The van der Waals surface area contributed by atoms with E-state index in [1.54, 1.807) is 11.0 Å². The van der Waals surface area contributed by atoms with Gasteiger partial charge in [0.1, 0.15) is 5.82 Å². The average Bonchev–Trinajstić information content (AvgIpc) is 2.90. The molecule has 1 N–H and O–H groups in total. The van der Waals surface area contributed by atoms with E-state index in [0.717, 1.165) is 11.3 Å². The molecule has 1 aliphatic rings. The van der Waals surface area contributed by atoms with E-state index in [0.29, 0.717) is 12.2 Å². The van der Waals surface area contributed by atoms with E-state index in [-0.39, 0.29) is 18.2 Å². The molecule has 1 saturated heterocycles. The molecule has 1 atom stereocenters. The van der Waals surface area contributed by atoms with E-state index in [2.05, 4.69) is 5.32 Å². The second-order valence-electron chi connectivity index (χ2n) is 5.74. The summed E-state index contributed by atoms with van der Waals surface area (Å²) in [5.74, 6) is -1.19. The second kappa shape index (κ2) is 6.20. The zero-order valence-electron chi connectivity index (χ0n) is 12.8. The van der Waals surface area contributed by atoms with Gasteiger partial charge < -0.3 is 10.2 Å². The fourth-order valence-electron chi connectivity index (χ4n) is 2.67. The zero-order chi connectivity index (χ0) is 16.4. The largest absolute Gasteiger partial charge is 0.326 e. The van der Waals surface area contributed by atoms with E-state index in [4.69, 9.17) is 0 Å². The van der Waals surface area contributed by atoms with E-state index in [1.165, 1.54) is 18.2 Å². The fraction of sp³-hybridized carbons (Fsp3) is 0.222. The highest BCUT2D eigenvalue weighted by atomic mass is 19.1. The molecular weight excluding hydrogens is 295 g/mol. The Kier molecular flexibility index (Phi) is 4.10. The minimum atomic E-state index is -0.438. The molecule has 23 heavy (non-hydrogen) atoms. The Morgan fingerprint density at radius 2 is 1.96 bits per heavy atom. The predicted octanol–water partition coefficient (Wildman–Crippen LogP) is 3.13. The molecule has 0 unspecified atom stereocenters. The van der Waals surface area contributed by atoms with Gasteiger partial charge in [-0.25, -0.2) is 4.39 Å². The van der Waals surface area contributed by atoms with Crippen LogP contribution in [0.1, 0.15) is 12.0 Å². The number of aryl methyl sites for hydroxylation is 1. The summed E-state index contributed by atoms with van der Waals surface area (Å²) in [5.41, 5.74) is 2.30. The summed E-state index contributed by atoms with van der Waals surface area (Å²) in [7, 11) is 0. The minimum Gasteiger partial charge on any atom is -0.326 e. The molecule has 1 aliphatic heterocycles. The molecule has 0 saturated carbocycles. The molecule has 5 heteroatoms. The van der Waals surface area contributed by atoms with Crippen molar-refractivity contribution >= 4 is 23.2 Å². The van der Waals surface area contributed by atoms with Gasteiger partial charge in [0.05, 0.1) is 5.92 Å². The molecule has 0 aliphatic carbocycles. The van der Waals surface area contributed by atoms with Crippen LogP contribution in [-0.2, 0) is 9.59 Å². The summed E-state index contributed by atoms with van der Waals surface area (Å²) in [6, 6.07) is 13.3. The van der Waals surface area contributed by atoms with Gasteiger partial charge in [0.25, 0.3) is 0 Å². The van der Waals surface area contributed by atoms with Crippen molar-refractivity contribution in [2.24, 2.45) is 5.92 Å². The summed E-state index contributed by atoms with van der Waals surface area (Å²) < 4.78 is 13.2. The van der Waals surface area contributed by atoms with Gasteiger partial charge in [-0.15, -0.1) is 0 Å². The smallest absolute Gasteiger partial charge is 0.229 e. The maximum atomic E-state index is 13.2. The Balaban J connectivity index is 1.69. The van der Waals surface area contributed by atoms with Crippen LogP contribution >= 0.6 is 0 Å². The maximum absolute atomic E-state index is 13.2. The first-order chi connectivity index (χ1) is 11.0. The minimum absolute atomic E-state index is 0.0757. The number of nitrogens with one attached hydrogen (secondary N) is 1. The van der Waals surface area contributed by atoms with Crippen molar-refractivity contribution < 1.29 is 14.0 Å². The molecule has 118 valence electrons. The highest BCUT2D eigenvalue weighted by molar-refractivity contribution is 6.03. The lowest BCUT2D eigenvalue weighted by Crippen LogP contribution is -2.28. The number of carbonyl (C=O) groups is 2. The molecule has 0 spiro atoms. The highest BCUT2D eigenvalue weighted by Crippen LogP contribution is 2.26. The van der Waals surface area contributed by atoms with Gasteiger partial charge in [0.2, 0.25) is 11.8 Å². The van der Waals surface area contributed by atoms with Crippen molar-refractivity contribution in [1.82, 2.24) is 0 Å². The third kappa shape index (κ3) is 3.39. The molecule has 4 nitrogen and oxygen atoms in total. The van der Waals surface area contributed by atoms with Crippen molar-refractivity contribution in [2.75, 3.05) is 16.8 Å². The van der Waals surface area contributed by atoms with Gasteiger partial charge >= 0.3 is 0 Å². The normalized spacial score (nSPS) is 17.4. The van der Waals surface area contributed by atoms with Crippen LogP contribution in [-0.4, -0.2) is 18.4 Å². The SMILES string of the molecule is Cc1ccc(N2C[C@@H](C(=O)Nc3cccc(F)c3)CC2=O)cc1. The molecule has 0 aromatic heterocycles. The molecule has 0 bridgehead atoms. The summed E-state index contributed by atoms with van der Waals surface area (Å²) >= 11 is 0. The summed E-state index contributed by atoms with van der Waals surface area (Å²) in [6.45, 7) is 2.31. The van der Waals surface area contributed by atoms with Gasteiger partial charge in [-0.2, -0.15) is 0 Å². The first-order valence-corrected chi connectivity index (χ1v) is 7.46. The van der Waals surface area contributed by atoms with Crippen LogP contribution in [0.2, 0.25) is 0 Å². The van der Waals surface area contributed by atoms with E-state index in [9.17, 15) is 14.0 Å². The van der Waals surface area contributed by atoms with Gasteiger partial charge in [0.15, 0.2) is 0 Å². The van der Waals surface area contributed by atoms with Crippen LogP contribution in [0.4, 0.5) is 15.8 Å². The summed E-state index contributed by atoms with van der Waals surface area (Å²) in [5, 5.41) is 2.67. The number of benzene rings is 2. The van der Waals surface area contributed by atoms with Crippen molar-refractivity contribution in [1.29, 1.82) is 0 Å². The molecular formula is C18H17FN2O2. The Morgan fingerprint density at radius 1 is 1.22 bits per heavy atom. The topological polar surface area (TPSA) is 49.4 Å². The highest BCUT2D eigenvalue weighted by Gasteiger charge is 2.35. The predicted molar refractivity (Wildman–Crippen MR) is 86.7 cm³/mol. The standard InChI is InChI=1S/C18H17FN2O2/c1-12-5-7-16(8-6-12)21-11-13(9-17(21)22)18(23)20-15-4-2-3-14(19)10-15/h2-8,10,13H,9,11H2,1H3,(H,20,23)/t13-/m0/s1. The van der Waals surface area contributed by atoms with Gasteiger partial charge in [-0.1, -0.05) is 23.8 Å². The van der Waals surface area contributed by atoms with Crippen LogP contribution in [0.25, 0.3) is 0 Å². The van der Waals surface area contributed by atoms with Crippen molar-refractivity contribution in [3.63, 3.8) is 0 Å². The monoisotopic (exact) mass is 312 g/mol. The average molecular weight is 312 g/mol. The third-order valence-electron chi connectivity index (χ3n) is 3.93. The Labute approximate surface area is 133 Å². The molecule has 1 fully saturated rings. The lowest BCUT2D eigenvalue weighted by Gasteiger charge is -2.17. The number of hydrogen-bond acceptors (Lipinski definition) is 2. The first-order valence-electron chi connectivity index (χ1n) is 7.46. The maximum Gasteiger partial charge on any atom is 0.229 e. The van der Waals surface area contributed by atoms with Crippen LogP contribution in [0.3, 0.4) is 0 Å². The molecule has 0 radical (unpaired) electrons. The van der Waals surface area contributed by atoms with Crippen LogP contribution < -0.4 is 10.2 Å². The molecule has 2 aromatic carbocycles. The molecule has 2 amide bonds. The summed E-state index contributed by atoms with van der Waals surface area (Å²) in [4.78, 5) is 26.1. The second-order valence-corrected chi connectivity index (χ2v) is 5.74. The van der Waals surface area contributed by atoms with Crippen LogP contribution in [0, 0.1) is 18.7 Å². The quantitative estimate of drug-likeness (QED) is 0.946. The van der Waals surface area contributed by atoms with Gasteiger partial charge in [-0.3, -0.25) is 9.59 Å². The number of halogens is 1. The Hall–Kier alpha value is -2.69. The molecule has 2 aromatic rings.